The van der Waals surface area contributed by atoms with Crippen molar-refractivity contribution in [2.45, 2.75) is 39.8 Å². The Morgan fingerprint density at radius 3 is 2.57 bits per heavy atom. The Kier molecular flexibility index (Phi) is 7.11. The summed E-state index contributed by atoms with van der Waals surface area (Å²) in [5.41, 5.74) is 0.826. The molecule has 0 spiro atoms. The minimum atomic E-state index is -3.10. The Balaban J connectivity index is 2.53. The highest BCUT2D eigenvalue weighted by Crippen LogP contribution is 2.18. The third-order valence-corrected chi connectivity index (χ3v) is 4.70. The van der Waals surface area contributed by atoms with Gasteiger partial charge in [-0.05, 0) is 24.1 Å². The van der Waals surface area contributed by atoms with E-state index >= 15 is 0 Å². The van der Waals surface area contributed by atoms with Crippen molar-refractivity contribution in [1.29, 1.82) is 0 Å². The zero-order chi connectivity index (χ0) is 15.9. The molecule has 0 fully saturated rings. The van der Waals surface area contributed by atoms with Gasteiger partial charge in [0.25, 0.3) is 0 Å². The first-order chi connectivity index (χ1) is 9.84. The number of halogens is 1. The molecule has 6 heteroatoms. The van der Waals surface area contributed by atoms with Gasteiger partial charge in [-0.15, -0.1) is 0 Å². The third kappa shape index (κ3) is 6.91. The Bertz CT molecular complexity index is 544. The summed E-state index contributed by atoms with van der Waals surface area (Å²) in [5, 5.41) is 3.20. The van der Waals surface area contributed by atoms with Crippen LogP contribution in [-0.4, -0.2) is 32.6 Å². The molecular formula is C15H24FNO3S. The van der Waals surface area contributed by atoms with Gasteiger partial charge in [0.05, 0.1) is 11.5 Å². The molecule has 0 aliphatic heterocycles. The molecule has 0 aliphatic rings. The molecule has 0 atom stereocenters. The van der Waals surface area contributed by atoms with E-state index in [1.807, 2.05) is 20.8 Å². The third-order valence-electron chi connectivity index (χ3n) is 2.88. The normalized spacial score (nSPS) is 11.9. The van der Waals surface area contributed by atoms with Gasteiger partial charge in [0.1, 0.15) is 6.61 Å². The molecule has 1 N–H and O–H groups in total. The maximum absolute atomic E-state index is 13.8. The van der Waals surface area contributed by atoms with Gasteiger partial charge in [0, 0.05) is 12.6 Å². The molecule has 0 aliphatic carbocycles. The fraction of sp³-hybridized carbons (Fsp3) is 0.600. The molecule has 0 bridgehead atoms. The zero-order valence-corrected chi connectivity index (χ0v) is 13.7. The van der Waals surface area contributed by atoms with Crippen molar-refractivity contribution < 1.29 is 17.5 Å². The van der Waals surface area contributed by atoms with Crippen molar-refractivity contribution in [1.82, 2.24) is 5.32 Å². The van der Waals surface area contributed by atoms with Crippen molar-refractivity contribution >= 4 is 9.84 Å². The lowest BCUT2D eigenvalue weighted by Gasteiger charge is -2.11. The zero-order valence-electron chi connectivity index (χ0n) is 12.9. The minimum absolute atomic E-state index is 0.0250. The highest BCUT2D eigenvalue weighted by molar-refractivity contribution is 7.91. The summed E-state index contributed by atoms with van der Waals surface area (Å²) in [6, 6.07) is 5.05. The van der Waals surface area contributed by atoms with Gasteiger partial charge in [-0.3, -0.25) is 0 Å². The molecule has 0 heterocycles. The molecule has 120 valence electrons. The van der Waals surface area contributed by atoms with Crippen molar-refractivity contribution in [3.63, 3.8) is 0 Å². The second-order valence-electron chi connectivity index (χ2n) is 5.30. The summed E-state index contributed by atoms with van der Waals surface area (Å²) < 4.78 is 42.1. The van der Waals surface area contributed by atoms with Gasteiger partial charge in [0.2, 0.25) is 0 Å². The van der Waals surface area contributed by atoms with Crippen molar-refractivity contribution in [2.24, 2.45) is 0 Å². The molecular weight excluding hydrogens is 293 g/mol. The van der Waals surface area contributed by atoms with Crippen LogP contribution in [0.15, 0.2) is 18.2 Å². The number of rotatable bonds is 9. The van der Waals surface area contributed by atoms with E-state index in [-0.39, 0.29) is 23.9 Å². The summed E-state index contributed by atoms with van der Waals surface area (Å²) in [5.74, 6) is -0.323. The lowest BCUT2D eigenvalue weighted by Crippen LogP contribution is -2.21. The van der Waals surface area contributed by atoms with E-state index in [0.29, 0.717) is 19.0 Å². The fourth-order valence-corrected chi connectivity index (χ4v) is 2.95. The SMILES string of the molecule is CCCS(=O)(=O)CCOc1ccc(CNC(C)C)cc1F. The summed E-state index contributed by atoms with van der Waals surface area (Å²) in [4.78, 5) is 0. The summed E-state index contributed by atoms with van der Waals surface area (Å²) in [6.07, 6.45) is 0.578. The first-order valence-electron chi connectivity index (χ1n) is 7.19. The summed E-state index contributed by atoms with van der Waals surface area (Å²) >= 11 is 0. The van der Waals surface area contributed by atoms with Crippen LogP contribution in [0, 0.1) is 5.82 Å². The highest BCUT2D eigenvalue weighted by Gasteiger charge is 2.11. The molecule has 1 rings (SSSR count). The predicted octanol–water partition coefficient (Wildman–Crippen LogP) is 2.53. The number of benzene rings is 1. The number of sulfone groups is 1. The fourth-order valence-electron chi connectivity index (χ4n) is 1.78. The van der Waals surface area contributed by atoms with Gasteiger partial charge in [-0.1, -0.05) is 26.8 Å². The molecule has 0 aromatic heterocycles. The summed E-state index contributed by atoms with van der Waals surface area (Å²) in [6.45, 7) is 6.40. The molecule has 0 saturated heterocycles. The summed E-state index contributed by atoms with van der Waals surface area (Å²) in [7, 11) is -3.10. The van der Waals surface area contributed by atoms with Crippen LogP contribution in [0.5, 0.6) is 5.75 Å². The van der Waals surface area contributed by atoms with Gasteiger partial charge < -0.3 is 10.1 Å². The van der Waals surface area contributed by atoms with Crippen LogP contribution in [0.2, 0.25) is 0 Å². The predicted molar refractivity (Wildman–Crippen MR) is 82.8 cm³/mol. The van der Waals surface area contributed by atoms with E-state index < -0.39 is 15.7 Å². The molecule has 21 heavy (non-hydrogen) atoms. The van der Waals surface area contributed by atoms with E-state index in [0.717, 1.165) is 5.56 Å². The largest absolute Gasteiger partial charge is 0.489 e. The van der Waals surface area contributed by atoms with Crippen molar-refractivity contribution in [3.05, 3.63) is 29.6 Å². The first-order valence-corrected chi connectivity index (χ1v) is 9.01. The van der Waals surface area contributed by atoms with Crippen LogP contribution in [0.3, 0.4) is 0 Å². The Labute approximate surface area is 126 Å². The molecule has 0 saturated carbocycles. The topological polar surface area (TPSA) is 55.4 Å². The van der Waals surface area contributed by atoms with Crippen LogP contribution >= 0.6 is 0 Å². The molecule has 4 nitrogen and oxygen atoms in total. The second kappa shape index (κ2) is 8.34. The smallest absolute Gasteiger partial charge is 0.165 e. The molecule has 1 aromatic carbocycles. The standard InChI is InChI=1S/C15H24FNO3S/c1-4-8-21(18,19)9-7-20-15-6-5-13(10-14(15)16)11-17-12(2)3/h5-6,10,12,17H,4,7-9,11H2,1-3H3. The Morgan fingerprint density at radius 1 is 1.29 bits per heavy atom. The van der Waals surface area contributed by atoms with Crippen molar-refractivity contribution in [3.8, 4) is 5.75 Å². The van der Waals surface area contributed by atoms with Gasteiger partial charge in [-0.2, -0.15) is 0 Å². The monoisotopic (exact) mass is 317 g/mol. The van der Waals surface area contributed by atoms with E-state index in [4.69, 9.17) is 4.74 Å². The molecule has 0 radical (unpaired) electrons. The highest BCUT2D eigenvalue weighted by atomic mass is 32.2. The lowest BCUT2D eigenvalue weighted by atomic mass is 10.2. The van der Waals surface area contributed by atoms with E-state index in [1.165, 1.54) is 6.07 Å². The average molecular weight is 317 g/mol. The van der Waals surface area contributed by atoms with Gasteiger partial charge in [-0.25, -0.2) is 12.8 Å². The van der Waals surface area contributed by atoms with Crippen LogP contribution in [0.25, 0.3) is 0 Å². The maximum atomic E-state index is 13.8. The van der Waals surface area contributed by atoms with Crippen LogP contribution in [0.1, 0.15) is 32.8 Å². The van der Waals surface area contributed by atoms with Crippen molar-refractivity contribution in [2.75, 3.05) is 18.1 Å². The van der Waals surface area contributed by atoms with E-state index in [2.05, 4.69) is 5.32 Å². The lowest BCUT2D eigenvalue weighted by molar-refractivity contribution is 0.322. The molecule has 0 amide bonds. The Hall–Kier alpha value is -1.14. The van der Waals surface area contributed by atoms with Crippen LogP contribution in [-0.2, 0) is 16.4 Å². The molecule has 0 unspecified atom stereocenters. The van der Waals surface area contributed by atoms with E-state index in [1.54, 1.807) is 12.1 Å². The molecule has 1 aromatic rings. The van der Waals surface area contributed by atoms with Crippen LogP contribution < -0.4 is 10.1 Å². The second-order valence-corrected chi connectivity index (χ2v) is 7.60. The number of hydrogen-bond donors (Lipinski definition) is 1. The average Bonchev–Trinajstić information content (AvgIpc) is 2.38. The van der Waals surface area contributed by atoms with Gasteiger partial charge >= 0.3 is 0 Å². The van der Waals surface area contributed by atoms with Crippen LogP contribution in [0.4, 0.5) is 4.39 Å². The number of ether oxygens (including phenoxy) is 1. The van der Waals surface area contributed by atoms with Gasteiger partial charge in [0.15, 0.2) is 21.4 Å². The maximum Gasteiger partial charge on any atom is 0.165 e. The number of nitrogens with one attached hydrogen (secondary N) is 1. The minimum Gasteiger partial charge on any atom is -0.489 e. The quantitative estimate of drug-likeness (QED) is 0.760. The van der Waals surface area contributed by atoms with E-state index in [9.17, 15) is 12.8 Å². The Morgan fingerprint density at radius 2 is 2.00 bits per heavy atom. The number of hydrogen-bond acceptors (Lipinski definition) is 4. The first kappa shape index (κ1) is 17.9.